The SMILES string of the molecule is O=C(c1ncccc1Br)N(CC1CCNCC1)C1CC1. The van der Waals surface area contributed by atoms with Crippen molar-refractivity contribution in [1.82, 2.24) is 15.2 Å². The Morgan fingerprint density at radius 3 is 2.75 bits per heavy atom. The van der Waals surface area contributed by atoms with Crippen LogP contribution in [0.3, 0.4) is 0 Å². The van der Waals surface area contributed by atoms with E-state index in [1.165, 1.54) is 12.8 Å². The summed E-state index contributed by atoms with van der Waals surface area (Å²) in [7, 11) is 0. The van der Waals surface area contributed by atoms with Crippen LogP contribution in [0.5, 0.6) is 0 Å². The van der Waals surface area contributed by atoms with E-state index in [-0.39, 0.29) is 5.91 Å². The number of amides is 1. The number of hydrogen-bond donors (Lipinski definition) is 1. The molecule has 1 amide bonds. The third-order valence-electron chi connectivity index (χ3n) is 4.12. The molecule has 0 radical (unpaired) electrons. The van der Waals surface area contributed by atoms with Crippen LogP contribution in [0.1, 0.15) is 36.2 Å². The van der Waals surface area contributed by atoms with Crippen LogP contribution in [0.2, 0.25) is 0 Å². The molecule has 1 N–H and O–H groups in total. The van der Waals surface area contributed by atoms with Crippen molar-refractivity contribution < 1.29 is 4.79 Å². The van der Waals surface area contributed by atoms with E-state index in [1.807, 2.05) is 12.1 Å². The van der Waals surface area contributed by atoms with Gasteiger partial charge in [-0.15, -0.1) is 0 Å². The smallest absolute Gasteiger partial charge is 0.273 e. The summed E-state index contributed by atoms with van der Waals surface area (Å²) in [6, 6.07) is 4.16. The van der Waals surface area contributed by atoms with E-state index < -0.39 is 0 Å². The van der Waals surface area contributed by atoms with Crippen molar-refractivity contribution in [2.45, 2.75) is 31.7 Å². The Morgan fingerprint density at radius 1 is 1.35 bits per heavy atom. The lowest BCUT2D eigenvalue weighted by atomic mass is 9.97. The van der Waals surface area contributed by atoms with Crippen molar-refractivity contribution in [3.05, 3.63) is 28.5 Å². The molecule has 0 bridgehead atoms. The van der Waals surface area contributed by atoms with Crippen molar-refractivity contribution in [1.29, 1.82) is 0 Å². The molecule has 0 atom stereocenters. The van der Waals surface area contributed by atoms with Gasteiger partial charge in [-0.2, -0.15) is 0 Å². The second-order valence-electron chi connectivity index (χ2n) is 5.72. The van der Waals surface area contributed by atoms with E-state index in [2.05, 4.69) is 31.1 Å². The monoisotopic (exact) mass is 337 g/mol. The number of carbonyl (C=O) groups is 1. The lowest BCUT2D eigenvalue weighted by Crippen LogP contribution is -2.41. The summed E-state index contributed by atoms with van der Waals surface area (Å²) in [5.41, 5.74) is 0.549. The van der Waals surface area contributed by atoms with E-state index in [1.54, 1.807) is 6.20 Å². The highest BCUT2D eigenvalue weighted by Crippen LogP contribution is 2.31. The summed E-state index contributed by atoms with van der Waals surface area (Å²) >= 11 is 3.44. The van der Waals surface area contributed by atoms with Gasteiger partial charge in [0, 0.05) is 23.3 Å². The van der Waals surface area contributed by atoms with Gasteiger partial charge in [-0.25, -0.2) is 4.98 Å². The molecule has 3 rings (SSSR count). The van der Waals surface area contributed by atoms with Crippen molar-refractivity contribution >= 4 is 21.8 Å². The molecule has 2 aliphatic rings. The van der Waals surface area contributed by atoms with Crippen LogP contribution >= 0.6 is 15.9 Å². The maximum atomic E-state index is 12.7. The van der Waals surface area contributed by atoms with Crippen LogP contribution in [-0.2, 0) is 0 Å². The summed E-state index contributed by atoms with van der Waals surface area (Å²) in [6.07, 6.45) is 6.30. The molecule has 1 aliphatic heterocycles. The number of aromatic nitrogens is 1. The van der Waals surface area contributed by atoms with Crippen LogP contribution < -0.4 is 5.32 Å². The molecule has 1 aliphatic carbocycles. The normalized spacial score (nSPS) is 19.9. The molecule has 2 fully saturated rings. The Hall–Kier alpha value is -0.940. The van der Waals surface area contributed by atoms with Gasteiger partial charge in [0.25, 0.3) is 5.91 Å². The molecular formula is C15H20BrN3O. The summed E-state index contributed by atoms with van der Waals surface area (Å²) in [5.74, 6) is 0.710. The number of rotatable bonds is 4. The van der Waals surface area contributed by atoms with Gasteiger partial charge in [0.05, 0.1) is 0 Å². The third kappa shape index (κ3) is 3.20. The molecule has 20 heavy (non-hydrogen) atoms. The molecule has 1 saturated carbocycles. The molecule has 1 aromatic heterocycles. The topological polar surface area (TPSA) is 45.2 Å². The van der Waals surface area contributed by atoms with Gasteiger partial charge in [0.15, 0.2) is 0 Å². The highest BCUT2D eigenvalue weighted by Gasteiger charge is 2.35. The molecule has 108 valence electrons. The Balaban J connectivity index is 1.73. The van der Waals surface area contributed by atoms with E-state index in [9.17, 15) is 4.79 Å². The predicted molar refractivity (Wildman–Crippen MR) is 81.6 cm³/mol. The molecule has 0 unspecified atom stereocenters. The average molecular weight is 338 g/mol. The number of halogens is 1. The largest absolute Gasteiger partial charge is 0.334 e. The first-order valence-electron chi connectivity index (χ1n) is 7.38. The molecule has 0 spiro atoms. The molecule has 5 heteroatoms. The van der Waals surface area contributed by atoms with Gasteiger partial charge in [0.2, 0.25) is 0 Å². The van der Waals surface area contributed by atoms with Crippen LogP contribution in [-0.4, -0.2) is 41.5 Å². The van der Waals surface area contributed by atoms with Gasteiger partial charge < -0.3 is 10.2 Å². The molecule has 0 aromatic carbocycles. The van der Waals surface area contributed by atoms with Crippen molar-refractivity contribution in [3.8, 4) is 0 Å². The van der Waals surface area contributed by atoms with Crippen LogP contribution in [0.25, 0.3) is 0 Å². The fourth-order valence-electron chi connectivity index (χ4n) is 2.81. The van der Waals surface area contributed by atoms with Crippen LogP contribution in [0.15, 0.2) is 22.8 Å². The maximum Gasteiger partial charge on any atom is 0.273 e. The van der Waals surface area contributed by atoms with Gasteiger partial charge in [-0.1, -0.05) is 0 Å². The van der Waals surface area contributed by atoms with Crippen molar-refractivity contribution in [3.63, 3.8) is 0 Å². The van der Waals surface area contributed by atoms with E-state index in [4.69, 9.17) is 0 Å². The first-order valence-corrected chi connectivity index (χ1v) is 8.17. The highest BCUT2D eigenvalue weighted by atomic mass is 79.9. The number of carbonyl (C=O) groups excluding carboxylic acids is 1. The number of piperidine rings is 1. The second-order valence-corrected chi connectivity index (χ2v) is 6.57. The standard InChI is InChI=1S/C15H20BrN3O/c16-13-2-1-7-18-14(13)15(20)19(12-3-4-12)10-11-5-8-17-9-6-11/h1-2,7,11-12,17H,3-6,8-10H2. The summed E-state index contributed by atoms with van der Waals surface area (Å²) in [4.78, 5) is 19.0. The molecular weight excluding hydrogens is 318 g/mol. The third-order valence-corrected chi connectivity index (χ3v) is 4.76. The second kappa shape index (κ2) is 6.22. The average Bonchev–Trinajstić information content (AvgIpc) is 3.30. The minimum Gasteiger partial charge on any atom is -0.334 e. The Labute approximate surface area is 128 Å². The predicted octanol–water partition coefficient (Wildman–Crippen LogP) is 2.45. The minimum absolute atomic E-state index is 0.0820. The zero-order valence-electron chi connectivity index (χ0n) is 11.5. The van der Waals surface area contributed by atoms with E-state index >= 15 is 0 Å². The Kier molecular flexibility index (Phi) is 4.36. The number of hydrogen-bond acceptors (Lipinski definition) is 3. The van der Waals surface area contributed by atoms with Gasteiger partial charge in [-0.3, -0.25) is 4.79 Å². The molecule has 2 heterocycles. The quantitative estimate of drug-likeness (QED) is 0.917. The zero-order valence-corrected chi connectivity index (χ0v) is 13.1. The lowest BCUT2D eigenvalue weighted by Gasteiger charge is -2.30. The molecule has 4 nitrogen and oxygen atoms in total. The fraction of sp³-hybridized carbons (Fsp3) is 0.600. The summed E-state index contributed by atoms with van der Waals surface area (Å²) in [6.45, 7) is 3.03. The molecule has 1 aromatic rings. The van der Waals surface area contributed by atoms with Crippen molar-refractivity contribution in [2.24, 2.45) is 5.92 Å². The van der Waals surface area contributed by atoms with Gasteiger partial charge in [-0.05, 0) is 72.8 Å². The van der Waals surface area contributed by atoms with E-state index in [0.29, 0.717) is 17.7 Å². The first-order chi connectivity index (χ1) is 9.75. The number of nitrogens with one attached hydrogen (secondary N) is 1. The highest BCUT2D eigenvalue weighted by molar-refractivity contribution is 9.10. The Bertz CT molecular complexity index is 484. The van der Waals surface area contributed by atoms with E-state index in [0.717, 1.165) is 36.9 Å². The van der Waals surface area contributed by atoms with Gasteiger partial charge in [0.1, 0.15) is 5.69 Å². The minimum atomic E-state index is 0.0820. The fourth-order valence-corrected chi connectivity index (χ4v) is 3.23. The van der Waals surface area contributed by atoms with Crippen molar-refractivity contribution in [2.75, 3.05) is 19.6 Å². The first kappa shape index (κ1) is 14.0. The Morgan fingerprint density at radius 2 is 2.10 bits per heavy atom. The molecule has 1 saturated heterocycles. The lowest BCUT2D eigenvalue weighted by molar-refractivity contribution is 0.0694. The number of nitrogens with zero attached hydrogens (tertiary/aromatic N) is 2. The summed E-state index contributed by atoms with van der Waals surface area (Å²) in [5, 5.41) is 3.38. The summed E-state index contributed by atoms with van der Waals surface area (Å²) < 4.78 is 0.793. The van der Waals surface area contributed by atoms with Gasteiger partial charge >= 0.3 is 0 Å². The van der Waals surface area contributed by atoms with Crippen LogP contribution in [0.4, 0.5) is 0 Å². The van der Waals surface area contributed by atoms with Crippen LogP contribution in [0, 0.1) is 5.92 Å². The maximum absolute atomic E-state index is 12.7. The number of pyridine rings is 1. The zero-order chi connectivity index (χ0) is 13.9.